The molecule has 6 aromatic rings. The molecule has 0 saturated heterocycles. The molecule has 5 atom stereocenters. The van der Waals surface area contributed by atoms with Crippen molar-refractivity contribution >= 4 is 71.2 Å². The fraction of sp³-hybridized carbons (Fsp3) is 0.255. The SMILES string of the molecule is C=C=C(C1CC(C)C2CC(P(c3cccc4ccccc34)c3cccc4ccccc34)C12S)P(c1cc(C)cc(C)c1)c1cc(C)cc(C)c1. The van der Waals surface area contributed by atoms with Gasteiger partial charge in [0.1, 0.15) is 0 Å². The number of benzene rings is 6. The van der Waals surface area contributed by atoms with Crippen LogP contribution in [0.4, 0.5) is 0 Å². The molecule has 2 saturated carbocycles. The summed E-state index contributed by atoms with van der Waals surface area (Å²) in [6, 6.07) is 46.2. The van der Waals surface area contributed by atoms with Crippen molar-refractivity contribution in [2.45, 2.75) is 57.9 Å². The quantitative estimate of drug-likeness (QED) is 0.0955. The second-order valence-corrected chi connectivity index (χ2v) is 20.3. The molecule has 2 aliphatic carbocycles. The van der Waals surface area contributed by atoms with E-state index < -0.39 is 15.8 Å². The second-order valence-electron chi connectivity index (χ2n) is 15.0. The lowest BCUT2D eigenvalue weighted by Gasteiger charge is -2.57. The van der Waals surface area contributed by atoms with Crippen molar-refractivity contribution in [1.82, 2.24) is 0 Å². The van der Waals surface area contributed by atoms with Crippen molar-refractivity contribution in [2.24, 2.45) is 17.8 Å². The Morgan fingerprint density at radius 3 is 1.60 bits per heavy atom. The molecule has 6 aromatic carbocycles. The predicted octanol–water partition coefficient (Wildman–Crippen LogP) is 11.2. The normalized spacial score (nSPS) is 22.9. The van der Waals surface area contributed by atoms with Crippen molar-refractivity contribution in [3.63, 3.8) is 0 Å². The summed E-state index contributed by atoms with van der Waals surface area (Å²) in [6.45, 7) is 15.9. The van der Waals surface area contributed by atoms with Crippen LogP contribution in [0.25, 0.3) is 21.5 Å². The summed E-state index contributed by atoms with van der Waals surface area (Å²) in [7, 11) is -1.61. The van der Waals surface area contributed by atoms with Gasteiger partial charge in [-0.05, 0) is 111 Å². The van der Waals surface area contributed by atoms with Crippen LogP contribution in [0.2, 0.25) is 0 Å². The van der Waals surface area contributed by atoms with Gasteiger partial charge in [-0.25, -0.2) is 0 Å². The van der Waals surface area contributed by atoms with Gasteiger partial charge in [0.15, 0.2) is 0 Å². The van der Waals surface area contributed by atoms with Crippen molar-refractivity contribution in [2.75, 3.05) is 0 Å². The van der Waals surface area contributed by atoms with Crippen LogP contribution >= 0.6 is 28.5 Å². The highest BCUT2D eigenvalue weighted by Crippen LogP contribution is 2.72. The molecular formula is C47H46P2S. The summed E-state index contributed by atoms with van der Waals surface area (Å²) in [5.41, 5.74) is 9.38. The number of hydrogen-bond donors (Lipinski definition) is 1. The Balaban J connectivity index is 1.33. The molecule has 3 heteroatoms. The van der Waals surface area contributed by atoms with Crippen molar-refractivity contribution in [1.29, 1.82) is 0 Å². The van der Waals surface area contributed by atoms with Crippen molar-refractivity contribution in [3.05, 3.63) is 161 Å². The molecule has 2 fully saturated rings. The highest BCUT2D eigenvalue weighted by Gasteiger charge is 2.66. The van der Waals surface area contributed by atoms with Crippen LogP contribution < -0.4 is 21.2 Å². The van der Waals surface area contributed by atoms with E-state index in [0.29, 0.717) is 17.5 Å². The van der Waals surface area contributed by atoms with Crippen LogP contribution in [0.1, 0.15) is 42.0 Å². The lowest BCUT2D eigenvalue weighted by molar-refractivity contribution is 0.210. The van der Waals surface area contributed by atoms with E-state index in [1.165, 1.54) is 76.8 Å². The first-order valence-corrected chi connectivity index (χ1v) is 21.2. The van der Waals surface area contributed by atoms with Gasteiger partial charge in [-0.1, -0.05) is 157 Å². The van der Waals surface area contributed by atoms with Crippen LogP contribution in [0.15, 0.2) is 139 Å². The fourth-order valence-corrected chi connectivity index (χ4v) is 17.2. The minimum atomic E-state index is -0.855. The zero-order valence-electron chi connectivity index (χ0n) is 29.8. The summed E-state index contributed by atoms with van der Waals surface area (Å²) < 4.78 is -0.169. The van der Waals surface area contributed by atoms with E-state index in [1.807, 2.05) is 0 Å². The molecule has 0 N–H and O–H groups in total. The van der Waals surface area contributed by atoms with Gasteiger partial charge >= 0.3 is 0 Å². The average molecular weight is 705 g/mol. The molecule has 0 amide bonds. The summed E-state index contributed by atoms with van der Waals surface area (Å²) in [6.07, 6.45) is 2.33. The smallest absolute Gasteiger partial charge is 0.0309 e. The number of allylic oxidation sites excluding steroid dienone is 1. The summed E-state index contributed by atoms with van der Waals surface area (Å²) in [4.78, 5) is 0. The zero-order valence-corrected chi connectivity index (χ0v) is 32.5. The molecule has 5 unspecified atom stereocenters. The van der Waals surface area contributed by atoms with Gasteiger partial charge in [0, 0.05) is 21.6 Å². The van der Waals surface area contributed by atoms with Gasteiger partial charge in [0.25, 0.3) is 0 Å². The zero-order chi connectivity index (χ0) is 34.7. The highest BCUT2D eigenvalue weighted by molar-refractivity contribution is 7.84. The summed E-state index contributed by atoms with van der Waals surface area (Å²) >= 11 is 6.04. The van der Waals surface area contributed by atoms with E-state index in [4.69, 9.17) is 12.6 Å². The summed E-state index contributed by atoms with van der Waals surface area (Å²) in [5, 5.41) is 12.6. The Bertz CT molecular complexity index is 2130. The maximum absolute atomic E-state index is 6.04. The molecule has 0 radical (unpaired) electrons. The van der Waals surface area contributed by atoms with Crippen LogP contribution in [-0.2, 0) is 0 Å². The molecule has 2 aliphatic rings. The van der Waals surface area contributed by atoms with E-state index >= 15 is 0 Å². The number of aryl methyl sites for hydroxylation is 4. The fourth-order valence-electron chi connectivity index (χ4n) is 9.50. The first-order valence-electron chi connectivity index (χ1n) is 18.0. The molecule has 0 aromatic heterocycles. The average Bonchev–Trinajstić information content (AvgIpc) is 3.28. The van der Waals surface area contributed by atoms with Gasteiger partial charge in [0.2, 0.25) is 0 Å². The van der Waals surface area contributed by atoms with Crippen LogP contribution in [-0.4, -0.2) is 10.4 Å². The van der Waals surface area contributed by atoms with E-state index in [-0.39, 0.29) is 10.7 Å². The van der Waals surface area contributed by atoms with Crippen LogP contribution in [0, 0.1) is 45.4 Å². The molecular weight excluding hydrogens is 659 g/mol. The third-order valence-corrected chi connectivity index (χ3v) is 18.2. The van der Waals surface area contributed by atoms with E-state index in [2.05, 4.69) is 168 Å². The van der Waals surface area contributed by atoms with Gasteiger partial charge in [-0.15, -0.1) is 5.73 Å². The first-order chi connectivity index (χ1) is 24.2. The molecule has 250 valence electrons. The molecule has 50 heavy (non-hydrogen) atoms. The lowest BCUT2D eigenvalue weighted by Crippen LogP contribution is -2.58. The Labute approximate surface area is 306 Å². The lowest BCUT2D eigenvalue weighted by atomic mass is 9.69. The second kappa shape index (κ2) is 13.3. The molecule has 0 bridgehead atoms. The van der Waals surface area contributed by atoms with E-state index in [0.717, 1.165) is 6.42 Å². The van der Waals surface area contributed by atoms with Gasteiger partial charge in [0.05, 0.1) is 0 Å². The van der Waals surface area contributed by atoms with E-state index in [1.54, 1.807) is 0 Å². The van der Waals surface area contributed by atoms with Gasteiger partial charge in [-0.3, -0.25) is 0 Å². The van der Waals surface area contributed by atoms with Gasteiger partial charge in [-0.2, -0.15) is 12.6 Å². The molecule has 0 spiro atoms. The maximum atomic E-state index is 6.04. The Morgan fingerprint density at radius 2 is 1.12 bits per heavy atom. The number of rotatable bonds is 7. The monoisotopic (exact) mass is 704 g/mol. The Hall–Kier alpha value is -3.43. The third-order valence-electron chi connectivity index (χ3n) is 11.5. The molecule has 0 aliphatic heterocycles. The van der Waals surface area contributed by atoms with Crippen LogP contribution in [0.5, 0.6) is 0 Å². The highest BCUT2D eigenvalue weighted by atomic mass is 32.1. The molecule has 8 rings (SSSR count). The standard InChI is InChI=1S/C47H46P2S/c1-7-43(48(37-24-30(2)22-31(3)25-37)38-26-32(4)23-33(5)27-38)42-28-34(6)41-29-46(47(41,42)50)49(44-20-12-16-35-14-8-10-18-39(35)44)45-21-13-17-36-15-9-11-19-40(36)45/h8-27,34,41-42,46,50H,1,28-29H2,2-6H3. The Kier molecular flexibility index (Phi) is 8.95. The predicted molar refractivity (Wildman–Crippen MR) is 226 cm³/mol. The first kappa shape index (κ1) is 33.7. The largest absolute Gasteiger partial charge is 0.171 e. The maximum Gasteiger partial charge on any atom is 0.0309 e. The Morgan fingerprint density at radius 1 is 0.660 bits per heavy atom. The van der Waals surface area contributed by atoms with E-state index in [9.17, 15) is 0 Å². The van der Waals surface area contributed by atoms with Gasteiger partial charge < -0.3 is 0 Å². The number of hydrogen-bond acceptors (Lipinski definition) is 1. The molecule has 0 nitrogen and oxygen atoms in total. The minimum Gasteiger partial charge on any atom is -0.171 e. The summed E-state index contributed by atoms with van der Waals surface area (Å²) in [5.74, 6) is 1.42. The number of fused-ring (bicyclic) bond motifs is 3. The topological polar surface area (TPSA) is 0 Å². The van der Waals surface area contributed by atoms with Crippen molar-refractivity contribution < 1.29 is 0 Å². The third kappa shape index (κ3) is 5.63. The van der Waals surface area contributed by atoms with Crippen LogP contribution in [0.3, 0.4) is 0 Å². The van der Waals surface area contributed by atoms with Crippen molar-refractivity contribution in [3.8, 4) is 0 Å². The molecule has 0 heterocycles. The number of thiol groups is 1. The minimum absolute atomic E-state index is 0.169.